The summed E-state index contributed by atoms with van der Waals surface area (Å²) in [7, 11) is 0. The fraction of sp³-hybridized carbons (Fsp3) is 0.364. The Morgan fingerprint density at radius 1 is 1.00 bits per heavy atom. The first kappa shape index (κ1) is 19.3. The number of rotatable bonds is 8. The molecule has 0 amide bonds. The van der Waals surface area contributed by atoms with Gasteiger partial charge in [0.2, 0.25) is 0 Å². The minimum absolute atomic E-state index is 0.191. The summed E-state index contributed by atoms with van der Waals surface area (Å²) in [6, 6.07) is 19.6. The number of esters is 1. The third kappa shape index (κ3) is 6.62. The average molecular weight is 366 g/mol. The smallest absolute Gasteiger partial charge is 0.323 e. The van der Waals surface area contributed by atoms with Crippen LogP contribution in [-0.4, -0.2) is 37.4 Å². The number of hydrogen-bond donors (Lipinski definition) is 1. The van der Waals surface area contributed by atoms with Gasteiger partial charge in [-0.2, -0.15) is 0 Å². The summed E-state index contributed by atoms with van der Waals surface area (Å²) in [6.07, 6.45) is 1.54. The molecule has 1 aliphatic heterocycles. The Balaban J connectivity index is 1.31. The van der Waals surface area contributed by atoms with Crippen LogP contribution in [0.1, 0.15) is 24.0 Å². The highest BCUT2D eigenvalue weighted by molar-refractivity contribution is 5.89. The first-order chi connectivity index (χ1) is 13.3. The van der Waals surface area contributed by atoms with E-state index >= 15 is 0 Å². The Morgan fingerprint density at radius 2 is 1.67 bits per heavy atom. The van der Waals surface area contributed by atoms with Crippen LogP contribution >= 0.6 is 0 Å². The minimum atomic E-state index is -0.248. The molecule has 0 spiro atoms. The molecule has 0 unspecified atom stereocenters. The number of benzene rings is 2. The zero-order valence-corrected chi connectivity index (χ0v) is 15.5. The van der Waals surface area contributed by atoms with Crippen LogP contribution in [0.2, 0.25) is 0 Å². The number of piperidine rings is 1. The molecule has 3 rings (SSSR count). The van der Waals surface area contributed by atoms with E-state index in [0.29, 0.717) is 32.9 Å². The van der Waals surface area contributed by atoms with Crippen molar-refractivity contribution in [3.8, 4) is 0 Å². The maximum Gasteiger partial charge on any atom is 0.323 e. The van der Waals surface area contributed by atoms with Gasteiger partial charge in [0.1, 0.15) is 12.6 Å². The number of hydrogen-bond acceptors (Lipinski definition) is 5. The largest absolute Gasteiger partial charge is 0.460 e. The third-order valence-electron chi connectivity index (χ3n) is 4.47. The van der Waals surface area contributed by atoms with E-state index in [1.807, 2.05) is 60.7 Å². The molecule has 0 radical (unpaired) electrons. The van der Waals surface area contributed by atoms with Crippen LogP contribution in [0.15, 0.2) is 65.7 Å². The predicted molar refractivity (Wildman–Crippen MR) is 106 cm³/mol. The highest BCUT2D eigenvalue weighted by Gasteiger charge is 2.24. The molecule has 1 N–H and O–H groups in total. The van der Waals surface area contributed by atoms with Crippen molar-refractivity contribution in [3.05, 3.63) is 71.8 Å². The summed E-state index contributed by atoms with van der Waals surface area (Å²) in [6.45, 7) is 2.80. The molecule has 0 aliphatic carbocycles. The fourth-order valence-corrected chi connectivity index (χ4v) is 2.94. The van der Waals surface area contributed by atoms with Gasteiger partial charge in [-0.1, -0.05) is 60.7 Å². The standard InChI is InChI=1S/C22H26N2O3/c25-22(27-17-19-9-5-2-6-10-19)21-12-11-20(15-24-21)23-13-14-26-16-18-7-3-1-4-8-18/h1-10,21,24H,11-17H2/t21-/m0/s1. The molecule has 1 fully saturated rings. The number of carbonyl (C=O) groups is 1. The zero-order valence-electron chi connectivity index (χ0n) is 15.5. The Labute approximate surface area is 160 Å². The number of nitrogens with one attached hydrogen (secondary N) is 1. The van der Waals surface area contributed by atoms with Crippen LogP contribution < -0.4 is 5.32 Å². The summed E-state index contributed by atoms with van der Waals surface area (Å²) in [5.74, 6) is -0.191. The Bertz CT molecular complexity index is 722. The number of carbonyl (C=O) groups excluding carboxylic acids is 1. The van der Waals surface area contributed by atoms with Gasteiger partial charge < -0.3 is 9.47 Å². The molecular weight excluding hydrogens is 340 g/mol. The van der Waals surface area contributed by atoms with E-state index in [2.05, 4.69) is 10.3 Å². The van der Waals surface area contributed by atoms with E-state index in [1.54, 1.807) is 0 Å². The first-order valence-electron chi connectivity index (χ1n) is 9.39. The van der Waals surface area contributed by atoms with Crippen molar-refractivity contribution in [3.63, 3.8) is 0 Å². The van der Waals surface area contributed by atoms with Gasteiger partial charge in [-0.05, 0) is 24.0 Å². The van der Waals surface area contributed by atoms with Gasteiger partial charge in [0.25, 0.3) is 0 Å². The number of nitrogens with zero attached hydrogens (tertiary/aromatic N) is 1. The molecule has 1 saturated heterocycles. The van der Waals surface area contributed by atoms with Crippen molar-refractivity contribution < 1.29 is 14.3 Å². The lowest BCUT2D eigenvalue weighted by Crippen LogP contribution is -2.45. The normalized spacial score (nSPS) is 18.4. The molecule has 0 aromatic heterocycles. The third-order valence-corrected chi connectivity index (χ3v) is 4.47. The topological polar surface area (TPSA) is 59.9 Å². The Kier molecular flexibility index (Phi) is 7.56. The van der Waals surface area contributed by atoms with Crippen LogP contribution in [0, 0.1) is 0 Å². The highest BCUT2D eigenvalue weighted by Crippen LogP contribution is 2.10. The molecule has 0 bridgehead atoms. The SMILES string of the molecule is O=C(OCc1ccccc1)[C@@H]1CCC(=NCCOCc2ccccc2)CN1. The van der Waals surface area contributed by atoms with Crippen molar-refractivity contribution >= 4 is 11.7 Å². The monoisotopic (exact) mass is 366 g/mol. The second kappa shape index (κ2) is 10.6. The minimum Gasteiger partial charge on any atom is -0.460 e. The van der Waals surface area contributed by atoms with Crippen molar-refractivity contribution in [2.45, 2.75) is 32.1 Å². The van der Waals surface area contributed by atoms with Gasteiger partial charge in [-0.15, -0.1) is 0 Å². The van der Waals surface area contributed by atoms with Gasteiger partial charge in [0.05, 0.1) is 19.8 Å². The highest BCUT2D eigenvalue weighted by atomic mass is 16.5. The van der Waals surface area contributed by atoms with E-state index in [9.17, 15) is 4.79 Å². The summed E-state index contributed by atoms with van der Waals surface area (Å²) < 4.78 is 11.0. The van der Waals surface area contributed by atoms with Crippen LogP contribution in [0.3, 0.4) is 0 Å². The fourth-order valence-electron chi connectivity index (χ4n) is 2.94. The second-order valence-electron chi connectivity index (χ2n) is 6.55. The zero-order chi connectivity index (χ0) is 18.7. The molecule has 27 heavy (non-hydrogen) atoms. The Hall–Kier alpha value is -2.50. The number of aliphatic imine (C=N–C) groups is 1. The molecular formula is C22H26N2O3. The van der Waals surface area contributed by atoms with Crippen molar-refractivity contribution in [2.75, 3.05) is 19.7 Å². The van der Waals surface area contributed by atoms with Crippen LogP contribution in [0.25, 0.3) is 0 Å². The van der Waals surface area contributed by atoms with Gasteiger partial charge in [-0.25, -0.2) is 0 Å². The predicted octanol–water partition coefficient (Wildman–Crippen LogP) is 3.14. The Morgan fingerprint density at radius 3 is 2.30 bits per heavy atom. The maximum absolute atomic E-state index is 12.2. The van der Waals surface area contributed by atoms with E-state index in [4.69, 9.17) is 9.47 Å². The molecule has 0 saturated carbocycles. The van der Waals surface area contributed by atoms with Crippen LogP contribution in [0.4, 0.5) is 0 Å². The average Bonchev–Trinajstić information content (AvgIpc) is 2.74. The lowest BCUT2D eigenvalue weighted by Gasteiger charge is -2.23. The van der Waals surface area contributed by atoms with Crippen molar-refractivity contribution in [1.29, 1.82) is 0 Å². The van der Waals surface area contributed by atoms with E-state index < -0.39 is 0 Å². The van der Waals surface area contributed by atoms with E-state index in [1.165, 1.54) is 5.56 Å². The van der Waals surface area contributed by atoms with Gasteiger partial charge in [0, 0.05) is 12.3 Å². The number of ether oxygens (including phenoxy) is 2. The molecule has 5 heteroatoms. The summed E-state index contributed by atoms with van der Waals surface area (Å²) >= 11 is 0. The molecule has 1 heterocycles. The molecule has 2 aromatic carbocycles. The van der Waals surface area contributed by atoms with Crippen LogP contribution in [0.5, 0.6) is 0 Å². The lowest BCUT2D eigenvalue weighted by atomic mass is 10.0. The summed E-state index contributed by atoms with van der Waals surface area (Å²) in [5, 5.41) is 3.23. The van der Waals surface area contributed by atoms with E-state index in [-0.39, 0.29) is 12.0 Å². The molecule has 142 valence electrons. The lowest BCUT2D eigenvalue weighted by molar-refractivity contribution is -0.147. The van der Waals surface area contributed by atoms with Gasteiger partial charge >= 0.3 is 5.97 Å². The van der Waals surface area contributed by atoms with Crippen LogP contribution in [-0.2, 0) is 27.5 Å². The van der Waals surface area contributed by atoms with Gasteiger partial charge in [0.15, 0.2) is 0 Å². The van der Waals surface area contributed by atoms with E-state index in [0.717, 1.165) is 24.1 Å². The second-order valence-corrected chi connectivity index (χ2v) is 6.55. The summed E-state index contributed by atoms with van der Waals surface area (Å²) in [5.41, 5.74) is 3.26. The molecule has 2 aromatic rings. The quantitative estimate of drug-likeness (QED) is 0.576. The van der Waals surface area contributed by atoms with Gasteiger partial charge in [-0.3, -0.25) is 15.1 Å². The molecule has 5 nitrogen and oxygen atoms in total. The van der Waals surface area contributed by atoms with Crippen molar-refractivity contribution in [2.24, 2.45) is 4.99 Å². The maximum atomic E-state index is 12.2. The first-order valence-corrected chi connectivity index (χ1v) is 9.39. The molecule has 1 atom stereocenters. The summed E-state index contributed by atoms with van der Waals surface area (Å²) in [4.78, 5) is 16.7. The molecule has 1 aliphatic rings. The van der Waals surface area contributed by atoms with Crippen molar-refractivity contribution in [1.82, 2.24) is 5.32 Å².